The van der Waals surface area contributed by atoms with Gasteiger partial charge in [0.05, 0.1) is 0 Å². The van der Waals surface area contributed by atoms with Gasteiger partial charge in [0.2, 0.25) is 5.91 Å². The highest BCUT2D eigenvalue weighted by Crippen LogP contribution is 2.57. The van der Waals surface area contributed by atoms with Crippen LogP contribution in [-0.4, -0.2) is 47.2 Å². The monoisotopic (exact) mass is 482 g/mol. The van der Waals surface area contributed by atoms with Gasteiger partial charge in [0.25, 0.3) is 0 Å². The number of aromatic nitrogens is 4. The van der Waals surface area contributed by atoms with Crippen LogP contribution in [0.2, 0.25) is 0 Å². The van der Waals surface area contributed by atoms with E-state index in [0.717, 1.165) is 16.7 Å². The van der Waals surface area contributed by atoms with Gasteiger partial charge in [-0.15, -0.1) is 16.9 Å². The fourth-order valence-electron chi connectivity index (χ4n) is 5.57. The third-order valence-electron chi connectivity index (χ3n) is 7.11. The van der Waals surface area contributed by atoms with E-state index in [1.54, 1.807) is 11.8 Å². The summed E-state index contributed by atoms with van der Waals surface area (Å²) in [7, 11) is 0. The highest BCUT2D eigenvalue weighted by molar-refractivity contribution is 8.01. The fourth-order valence-corrected chi connectivity index (χ4v) is 7.14. The summed E-state index contributed by atoms with van der Waals surface area (Å²) in [6.07, 6.45) is 0. The highest BCUT2D eigenvalue weighted by Gasteiger charge is 2.62. The molecule has 7 nitrogen and oxygen atoms in total. The largest absolute Gasteiger partial charge is 0.317 e. The minimum absolute atomic E-state index is 0.0580. The van der Waals surface area contributed by atoms with Gasteiger partial charge < -0.3 is 10.6 Å². The Morgan fingerprint density at radius 1 is 0.857 bits per heavy atom. The Morgan fingerprint density at radius 3 is 1.83 bits per heavy atom. The molecule has 3 heterocycles. The third kappa shape index (κ3) is 3.10. The predicted octanol–water partition coefficient (Wildman–Crippen LogP) is 3.58. The van der Waals surface area contributed by atoms with Crippen LogP contribution in [0.4, 0.5) is 0 Å². The Kier molecular flexibility index (Phi) is 5.05. The Labute approximate surface area is 208 Å². The van der Waals surface area contributed by atoms with E-state index in [9.17, 15) is 4.79 Å². The van der Waals surface area contributed by atoms with Crippen molar-refractivity contribution in [3.05, 3.63) is 114 Å². The highest BCUT2D eigenvalue weighted by atomic mass is 32.2. The first-order chi connectivity index (χ1) is 17.0. The van der Waals surface area contributed by atoms with Gasteiger partial charge in [-0.3, -0.25) is 4.79 Å². The molecule has 1 amide bonds. The van der Waals surface area contributed by atoms with Crippen molar-refractivity contribution in [1.29, 1.82) is 0 Å². The molecule has 2 aliphatic rings. The normalized spacial score (nSPS) is 23.1. The lowest BCUT2D eigenvalue weighted by Crippen LogP contribution is -2.65. The second-order valence-electron chi connectivity index (χ2n) is 9.54. The molecule has 0 radical (unpaired) electrons. The molecule has 176 valence electrons. The summed E-state index contributed by atoms with van der Waals surface area (Å²) < 4.78 is 1.59. The number of β-lactam (4-membered cyclic amide) rings is 1. The van der Waals surface area contributed by atoms with Crippen molar-refractivity contribution >= 4 is 17.7 Å². The maximum absolute atomic E-state index is 12.9. The van der Waals surface area contributed by atoms with Gasteiger partial charge in [-0.1, -0.05) is 91.0 Å². The molecule has 2 fully saturated rings. The van der Waals surface area contributed by atoms with Crippen LogP contribution < -0.4 is 5.73 Å². The Morgan fingerprint density at radius 2 is 1.34 bits per heavy atom. The van der Waals surface area contributed by atoms with Crippen molar-refractivity contribution in [2.24, 2.45) is 5.73 Å². The van der Waals surface area contributed by atoms with E-state index in [1.807, 2.05) is 64.2 Å². The van der Waals surface area contributed by atoms with Crippen LogP contribution in [0, 0.1) is 0 Å². The summed E-state index contributed by atoms with van der Waals surface area (Å²) in [6.45, 7) is 4.27. The average molecular weight is 483 g/mol. The second-order valence-corrected chi connectivity index (χ2v) is 11.3. The SMILES string of the molecule is CC1(C)S[C@@H]2C(N)C(=O)N2C1c1nnnn1C(c1ccccc1)(c1ccccc1)c1ccccc1. The maximum atomic E-state index is 12.9. The molecule has 1 aromatic heterocycles. The molecular weight excluding hydrogens is 456 g/mol. The number of hydrogen-bond donors (Lipinski definition) is 1. The average Bonchev–Trinajstić information content (AvgIpc) is 3.46. The van der Waals surface area contributed by atoms with Crippen molar-refractivity contribution in [2.75, 3.05) is 0 Å². The van der Waals surface area contributed by atoms with E-state index in [4.69, 9.17) is 5.73 Å². The molecule has 2 unspecified atom stereocenters. The summed E-state index contributed by atoms with van der Waals surface area (Å²) in [4.78, 5) is 14.8. The van der Waals surface area contributed by atoms with E-state index in [2.05, 4.69) is 65.8 Å². The van der Waals surface area contributed by atoms with E-state index >= 15 is 0 Å². The van der Waals surface area contributed by atoms with Crippen molar-refractivity contribution in [3.63, 3.8) is 0 Å². The summed E-state index contributed by atoms with van der Waals surface area (Å²) in [5.41, 5.74) is 8.40. The lowest BCUT2D eigenvalue weighted by Gasteiger charge is -2.44. The number of hydrogen-bond acceptors (Lipinski definition) is 6. The Hall–Kier alpha value is -3.49. The van der Waals surface area contributed by atoms with Gasteiger partial charge in [-0.2, -0.15) is 0 Å². The van der Waals surface area contributed by atoms with Crippen LogP contribution in [-0.2, 0) is 10.3 Å². The summed E-state index contributed by atoms with van der Waals surface area (Å²) >= 11 is 1.71. The van der Waals surface area contributed by atoms with Gasteiger partial charge in [0.1, 0.15) is 23.0 Å². The van der Waals surface area contributed by atoms with E-state index in [1.165, 1.54) is 0 Å². The van der Waals surface area contributed by atoms with Gasteiger partial charge in [-0.05, 0) is 41.0 Å². The summed E-state index contributed by atoms with van der Waals surface area (Å²) in [5, 5.41) is 13.3. The van der Waals surface area contributed by atoms with Crippen LogP contribution >= 0.6 is 11.8 Å². The number of fused-ring (bicyclic) bond motifs is 1. The lowest BCUT2D eigenvalue weighted by molar-refractivity contribution is -0.147. The molecule has 2 N–H and O–H groups in total. The van der Waals surface area contributed by atoms with Crippen LogP contribution in [0.3, 0.4) is 0 Å². The first kappa shape index (κ1) is 22.0. The van der Waals surface area contributed by atoms with Gasteiger partial charge in [0.15, 0.2) is 5.82 Å². The first-order valence-electron chi connectivity index (χ1n) is 11.7. The smallest absolute Gasteiger partial charge is 0.244 e. The first-order valence-corrected chi connectivity index (χ1v) is 12.5. The fraction of sp³-hybridized carbons (Fsp3) is 0.259. The van der Waals surface area contributed by atoms with Gasteiger partial charge >= 0.3 is 0 Å². The number of nitrogens with zero attached hydrogens (tertiary/aromatic N) is 5. The molecule has 2 aliphatic heterocycles. The van der Waals surface area contributed by atoms with Crippen LogP contribution in [0.15, 0.2) is 91.0 Å². The molecule has 0 saturated carbocycles. The number of amides is 1. The zero-order valence-electron chi connectivity index (χ0n) is 19.5. The van der Waals surface area contributed by atoms with Crippen molar-refractivity contribution in [2.45, 2.75) is 41.6 Å². The molecule has 4 aromatic rings. The van der Waals surface area contributed by atoms with Crippen LogP contribution in [0.5, 0.6) is 0 Å². The van der Waals surface area contributed by atoms with Crippen molar-refractivity contribution in [3.8, 4) is 0 Å². The molecule has 3 atom stereocenters. The number of nitrogens with two attached hydrogens (primary N) is 1. The molecule has 0 aliphatic carbocycles. The molecule has 2 saturated heterocycles. The number of benzene rings is 3. The standard InChI is InChI=1S/C27H26N6OS/c1-26(2)22(32-24(34)21(28)25(32)35-26)23-29-30-31-33(23)27(18-12-6-3-7-13-18,19-14-8-4-9-15-19)20-16-10-5-11-17-20/h3-17,21-22,25H,28H2,1-2H3/t21?,22?,25-/m1/s1. The quantitative estimate of drug-likeness (QED) is 0.346. The molecule has 35 heavy (non-hydrogen) atoms. The molecule has 0 bridgehead atoms. The molecule has 8 heteroatoms. The second kappa shape index (κ2) is 8.03. The Bertz CT molecular complexity index is 1260. The van der Waals surface area contributed by atoms with Gasteiger partial charge in [0, 0.05) is 4.75 Å². The molecular formula is C27H26N6OS. The van der Waals surface area contributed by atoms with Gasteiger partial charge in [-0.25, -0.2) is 4.68 Å². The zero-order valence-corrected chi connectivity index (χ0v) is 20.3. The third-order valence-corrected chi connectivity index (χ3v) is 8.71. The minimum Gasteiger partial charge on any atom is -0.317 e. The number of carbonyl (C=O) groups excluding carboxylic acids is 1. The minimum atomic E-state index is -0.850. The van der Waals surface area contributed by atoms with E-state index in [0.29, 0.717) is 5.82 Å². The van der Waals surface area contributed by atoms with Crippen molar-refractivity contribution < 1.29 is 4.79 Å². The van der Waals surface area contributed by atoms with E-state index < -0.39 is 11.6 Å². The molecule has 0 spiro atoms. The Balaban J connectivity index is 1.66. The molecule has 6 rings (SSSR count). The van der Waals surface area contributed by atoms with E-state index in [-0.39, 0.29) is 22.1 Å². The number of thioether (sulfide) groups is 1. The zero-order chi connectivity index (χ0) is 24.2. The predicted molar refractivity (Wildman–Crippen MR) is 135 cm³/mol. The van der Waals surface area contributed by atoms with Crippen LogP contribution in [0.25, 0.3) is 0 Å². The van der Waals surface area contributed by atoms with Crippen LogP contribution in [0.1, 0.15) is 42.4 Å². The molecule has 3 aromatic carbocycles. The maximum Gasteiger partial charge on any atom is 0.244 e. The number of rotatable bonds is 5. The number of carbonyl (C=O) groups is 1. The van der Waals surface area contributed by atoms with Crippen molar-refractivity contribution in [1.82, 2.24) is 25.1 Å². The number of tetrazole rings is 1. The summed E-state index contributed by atoms with van der Waals surface area (Å²) in [6, 6.07) is 30.0. The topological polar surface area (TPSA) is 89.9 Å². The summed E-state index contributed by atoms with van der Waals surface area (Å²) in [5.74, 6) is 0.583. The lowest BCUT2D eigenvalue weighted by atomic mass is 9.76.